The Labute approximate surface area is 177 Å². The first-order valence-electron chi connectivity index (χ1n) is 10.6. The molecule has 1 fully saturated rings. The second-order valence-electron chi connectivity index (χ2n) is 8.62. The summed E-state index contributed by atoms with van der Waals surface area (Å²) in [6, 6.07) is 2.81. The fourth-order valence-corrected chi connectivity index (χ4v) is 4.71. The van der Waals surface area contributed by atoms with Crippen molar-refractivity contribution in [2.24, 2.45) is 17.8 Å². The van der Waals surface area contributed by atoms with Crippen LogP contribution in [0.15, 0.2) is 24.3 Å². The van der Waals surface area contributed by atoms with Gasteiger partial charge in [-0.2, -0.15) is 13.2 Å². The lowest BCUT2D eigenvalue weighted by molar-refractivity contribution is -0.142. The van der Waals surface area contributed by atoms with Crippen LogP contribution in [0.3, 0.4) is 0 Å². The number of hydrogen-bond acceptors (Lipinski definition) is 0. The average Bonchev–Trinajstić information content (AvgIpc) is 2.65. The van der Waals surface area contributed by atoms with E-state index in [1.807, 2.05) is 6.92 Å². The van der Waals surface area contributed by atoms with E-state index >= 15 is 0 Å². The first kappa shape index (κ1) is 23.6. The summed E-state index contributed by atoms with van der Waals surface area (Å²) < 4.78 is 95.3. The van der Waals surface area contributed by atoms with Crippen LogP contribution in [0.2, 0.25) is 0 Å². The highest BCUT2D eigenvalue weighted by Crippen LogP contribution is 2.39. The Hall–Kier alpha value is -2.05. The van der Waals surface area contributed by atoms with Crippen molar-refractivity contribution in [1.82, 2.24) is 0 Å². The van der Waals surface area contributed by atoms with E-state index in [4.69, 9.17) is 0 Å². The van der Waals surface area contributed by atoms with Gasteiger partial charge in [-0.05, 0) is 72.4 Å². The van der Waals surface area contributed by atoms with Crippen LogP contribution in [-0.4, -0.2) is 0 Å². The Balaban J connectivity index is 1.83. The van der Waals surface area contributed by atoms with Crippen LogP contribution in [0.5, 0.6) is 0 Å². The summed E-state index contributed by atoms with van der Waals surface area (Å²) in [7, 11) is 0. The van der Waals surface area contributed by atoms with Crippen molar-refractivity contribution in [3.05, 3.63) is 58.7 Å². The Bertz CT molecular complexity index is 878. The fraction of sp³-hybridized carbons (Fsp3) is 0.500. The molecular formula is C24H25F7. The maximum Gasteiger partial charge on any atom is 0.422 e. The second-order valence-corrected chi connectivity index (χ2v) is 8.62. The van der Waals surface area contributed by atoms with E-state index in [2.05, 4.69) is 6.92 Å². The number of hydrogen-bond donors (Lipinski definition) is 0. The Kier molecular flexibility index (Phi) is 7.01. The van der Waals surface area contributed by atoms with Crippen molar-refractivity contribution in [3.63, 3.8) is 0 Å². The molecule has 0 aliphatic heterocycles. The lowest BCUT2D eigenvalue weighted by Crippen LogP contribution is -2.21. The molecule has 0 spiro atoms. The number of halogens is 7. The van der Waals surface area contributed by atoms with Crippen molar-refractivity contribution >= 4 is 0 Å². The Morgan fingerprint density at radius 1 is 0.839 bits per heavy atom. The minimum Gasteiger partial charge on any atom is -0.206 e. The minimum atomic E-state index is -5.25. The fourth-order valence-electron chi connectivity index (χ4n) is 4.71. The lowest BCUT2D eigenvalue weighted by Gasteiger charge is -2.32. The molecule has 0 amide bonds. The molecule has 0 N–H and O–H groups in total. The Morgan fingerprint density at radius 3 is 1.81 bits per heavy atom. The third-order valence-corrected chi connectivity index (χ3v) is 6.55. The number of alkyl halides is 3. The largest absolute Gasteiger partial charge is 0.422 e. The molecule has 2 aromatic rings. The number of benzene rings is 2. The smallest absolute Gasteiger partial charge is 0.206 e. The molecular weight excluding hydrogens is 421 g/mol. The van der Waals surface area contributed by atoms with Gasteiger partial charge in [0.15, 0.2) is 0 Å². The summed E-state index contributed by atoms with van der Waals surface area (Å²) in [6.07, 6.45) is 0.811. The van der Waals surface area contributed by atoms with Gasteiger partial charge in [-0.3, -0.25) is 0 Å². The SMILES string of the molecule is CCC1CCC(C(C)Cc2cc(F)c(-c3cc(F)c(C(F)(F)F)c(F)c3)c(F)c2)CC1. The molecule has 0 radical (unpaired) electrons. The van der Waals surface area contributed by atoms with E-state index in [9.17, 15) is 30.7 Å². The van der Waals surface area contributed by atoms with E-state index in [0.717, 1.165) is 50.2 Å². The van der Waals surface area contributed by atoms with Crippen LogP contribution in [0.4, 0.5) is 30.7 Å². The van der Waals surface area contributed by atoms with Gasteiger partial charge < -0.3 is 0 Å². The summed E-state index contributed by atoms with van der Waals surface area (Å²) in [5.74, 6) is -4.54. The lowest BCUT2D eigenvalue weighted by atomic mass is 9.74. The third kappa shape index (κ3) is 5.24. The van der Waals surface area contributed by atoms with Crippen LogP contribution in [0.1, 0.15) is 57.1 Å². The highest BCUT2D eigenvalue weighted by molar-refractivity contribution is 5.66. The van der Waals surface area contributed by atoms with Crippen LogP contribution >= 0.6 is 0 Å². The van der Waals surface area contributed by atoms with Gasteiger partial charge in [-0.25, -0.2) is 17.6 Å². The molecule has 1 saturated carbocycles. The number of rotatable bonds is 5. The van der Waals surface area contributed by atoms with E-state index in [1.165, 1.54) is 0 Å². The standard InChI is InChI=1S/C24H25F7/c1-3-14-4-6-16(7-5-14)13(2)8-15-9-18(25)22(19(26)10-15)17-11-20(27)23(21(28)12-17)24(29,30)31/h9-14,16H,3-8H2,1-2H3. The summed E-state index contributed by atoms with van der Waals surface area (Å²) in [5, 5.41) is 0. The quantitative estimate of drug-likeness (QED) is 0.405. The van der Waals surface area contributed by atoms with Gasteiger partial charge in [0.05, 0.1) is 5.56 Å². The topological polar surface area (TPSA) is 0 Å². The second kappa shape index (κ2) is 9.21. The summed E-state index contributed by atoms with van der Waals surface area (Å²) in [4.78, 5) is 0. The van der Waals surface area contributed by atoms with Gasteiger partial charge in [0.1, 0.15) is 28.8 Å². The summed E-state index contributed by atoms with van der Waals surface area (Å²) >= 11 is 0. The molecule has 0 aromatic heterocycles. The van der Waals surface area contributed by atoms with E-state index in [0.29, 0.717) is 30.0 Å². The Morgan fingerprint density at radius 2 is 1.35 bits per heavy atom. The summed E-state index contributed by atoms with van der Waals surface area (Å²) in [5.41, 5.74) is -3.03. The molecule has 7 heteroatoms. The molecule has 170 valence electrons. The van der Waals surface area contributed by atoms with Crippen molar-refractivity contribution < 1.29 is 30.7 Å². The summed E-state index contributed by atoms with van der Waals surface area (Å²) in [6.45, 7) is 4.22. The molecule has 1 aliphatic rings. The van der Waals surface area contributed by atoms with Gasteiger partial charge in [-0.1, -0.05) is 33.1 Å². The van der Waals surface area contributed by atoms with Crippen molar-refractivity contribution in [1.29, 1.82) is 0 Å². The molecule has 0 heterocycles. The zero-order chi connectivity index (χ0) is 22.9. The third-order valence-electron chi connectivity index (χ3n) is 6.55. The molecule has 3 rings (SSSR count). The van der Waals surface area contributed by atoms with Crippen LogP contribution in [0, 0.1) is 41.0 Å². The van der Waals surface area contributed by atoms with Crippen molar-refractivity contribution in [2.45, 2.75) is 58.5 Å². The van der Waals surface area contributed by atoms with Gasteiger partial charge in [0.2, 0.25) is 0 Å². The van der Waals surface area contributed by atoms with Gasteiger partial charge in [0, 0.05) is 0 Å². The van der Waals surface area contributed by atoms with Crippen LogP contribution < -0.4 is 0 Å². The monoisotopic (exact) mass is 446 g/mol. The highest BCUT2D eigenvalue weighted by atomic mass is 19.4. The molecule has 0 saturated heterocycles. The predicted octanol–water partition coefficient (Wildman–Crippen LogP) is 8.32. The van der Waals surface area contributed by atoms with Gasteiger partial charge in [-0.15, -0.1) is 0 Å². The first-order chi connectivity index (χ1) is 14.5. The highest BCUT2D eigenvalue weighted by Gasteiger charge is 2.38. The van der Waals surface area contributed by atoms with E-state index in [-0.39, 0.29) is 5.92 Å². The van der Waals surface area contributed by atoms with Crippen LogP contribution in [0.25, 0.3) is 11.1 Å². The molecule has 2 aromatic carbocycles. The van der Waals surface area contributed by atoms with E-state index < -0.39 is 46.1 Å². The van der Waals surface area contributed by atoms with Crippen molar-refractivity contribution in [2.75, 3.05) is 0 Å². The maximum atomic E-state index is 14.7. The molecule has 1 unspecified atom stereocenters. The zero-order valence-electron chi connectivity index (χ0n) is 17.4. The van der Waals surface area contributed by atoms with Crippen LogP contribution in [-0.2, 0) is 12.6 Å². The molecule has 0 bridgehead atoms. The van der Waals surface area contributed by atoms with Crippen molar-refractivity contribution in [3.8, 4) is 11.1 Å². The molecule has 0 nitrogen and oxygen atoms in total. The van der Waals surface area contributed by atoms with Gasteiger partial charge in [0.25, 0.3) is 0 Å². The zero-order valence-corrected chi connectivity index (χ0v) is 17.4. The van der Waals surface area contributed by atoms with Gasteiger partial charge >= 0.3 is 6.18 Å². The predicted molar refractivity (Wildman–Crippen MR) is 105 cm³/mol. The molecule has 1 atom stereocenters. The van der Waals surface area contributed by atoms with E-state index in [1.54, 1.807) is 0 Å². The maximum absolute atomic E-state index is 14.7. The first-order valence-corrected chi connectivity index (χ1v) is 10.6. The molecule has 31 heavy (non-hydrogen) atoms. The normalized spacial score (nSPS) is 20.7. The average molecular weight is 446 g/mol. The minimum absolute atomic E-state index is 0.211. The molecule has 1 aliphatic carbocycles.